The van der Waals surface area contributed by atoms with Crippen molar-refractivity contribution < 1.29 is 14.3 Å². The Hall–Kier alpha value is -1.75. The Bertz CT molecular complexity index is 567. The molecule has 1 fully saturated rings. The van der Waals surface area contributed by atoms with Gasteiger partial charge in [0.2, 0.25) is 11.8 Å². The van der Waals surface area contributed by atoms with Crippen molar-refractivity contribution >= 4 is 23.4 Å². The van der Waals surface area contributed by atoms with E-state index in [9.17, 15) is 9.59 Å². The third kappa shape index (κ3) is 6.58. The maximum Gasteiger partial charge on any atom is 0.240 e. The first kappa shape index (κ1) is 19.6. The molecule has 0 saturated carbocycles. The average Bonchev–Trinajstić information content (AvgIpc) is 2.60. The number of nitrogens with zero attached hydrogens (tertiary/aromatic N) is 1. The number of alkyl halides is 1. The second-order valence-corrected chi connectivity index (χ2v) is 7.20. The molecule has 5 nitrogen and oxygen atoms in total. The van der Waals surface area contributed by atoms with Crippen LogP contribution < -0.4 is 10.1 Å². The van der Waals surface area contributed by atoms with Crippen molar-refractivity contribution in [2.75, 3.05) is 19.7 Å². The molecular formula is C19H27ClN2O3. The molecule has 2 rings (SSSR count). The smallest absolute Gasteiger partial charge is 0.240 e. The fourth-order valence-corrected chi connectivity index (χ4v) is 2.99. The third-order valence-corrected chi connectivity index (χ3v) is 4.54. The van der Waals surface area contributed by atoms with Gasteiger partial charge in [0.15, 0.2) is 0 Å². The zero-order valence-electron chi connectivity index (χ0n) is 15.0. The molecule has 1 unspecified atom stereocenters. The molecule has 0 spiro atoms. The molecule has 0 aromatic heterocycles. The summed E-state index contributed by atoms with van der Waals surface area (Å²) in [6.07, 6.45) is 2.69. The highest BCUT2D eigenvalue weighted by atomic mass is 35.5. The molecule has 0 aliphatic carbocycles. The minimum atomic E-state index is -0.486. The second kappa shape index (κ2) is 9.66. The number of nitrogens with one attached hydrogen (secondary N) is 1. The van der Waals surface area contributed by atoms with Gasteiger partial charge in [-0.3, -0.25) is 9.59 Å². The molecule has 1 N–H and O–H groups in total. The van der Waals surface area contributed by atoms with E-state index in [0.29, 0.717) is 32.5 Å². The predicted molar refractivity (Wildman–Crippen MR) is 99.0 cm³/mol. The van der Waals surface area contributed by atoms with Crippen LogP contribution in [0.25, 0.3) is 0 Å². The number of piperidine rings is 1. The van der Waals surface area contributed by atoms with Gasteiger partial charge in [0.05, 0.1) is 6.61 Å². The van der Waals surface area contributed by atoms with E-state index in [2.05, 4.69) is 5.32 Å². The Labute approximate surface area is 154 Å². The molecule has 1 aliphatic heterocycles. The van der Waals surface area contributed by atoms with Crippen LogP contribution in [0.4, 0.5) is 0 Å². The normalized spacial score (nSPS) is 16.4. The lowest BCUT2D eigenvalue weighted by Crippen LogP contribution is -2.48. The lowest BCUT2D eigenvalue weighted by Gasteiger charge is -2.33. The summed E-state index contributed by atoms with van der Waals surface area (Å²) in [5.74, 6) is 0.847. The topological polar surface area (TPSA) is 58.6 Å². The highest BCUT2D eigenvalue weighted by molar-refractivity contribution is 6.30. The Balaban J connectivity index is 1.60. The van der Waals surface area contributed by atoms with E-state index in [0.717, 1.165) is 18.6 Å². The van der Waals surface area contributed by atoms with Crippen molar-refractivity contribution in [3.8, 4) is 5.75 Å². The van der Waals surface area contributed by atoms with E-state index in [-0.39, 0.29) is 17.9 Å². The van der Waals surface area contributed by atoms with Crippen LogP contribution in [-0.4, -0.2) is 47.8 Å². The van der Waals surface area contributed by atoms with E-state index < -0.39 is 5.38 Å². The molecular weight excluding hydrogens is 340 g/mol. The highest BCUT2D eigenvalue weighted by Gasteiger charge is 2.25. The minimum absolute atomic E-state index is 0.0281. The fraction of sp³-hybridized carbons (Fsp3) is 0.579. The molecule has 6 heteroatoms. The molecule has 25 heavy (non-hydrogen) atoms. The van der Waals surface area contributed by atoms with Crippen molar-refractivity contribution in [2.45, 2.75) is 50.9 Å². The summed E-state index contributed by atoms with van der Waals surface area (Å²) in [4.78, 5) is 25.6. The number of halogens is 1. The van der Waals surface area contributed by atoms with Gasteiger partial charge in [0.1, 0.15) is 11.1 Å². The van der Waals surface area contributed by atoms with Gasteiger partial charge in [-0.05, 0) is 45.2 Å². The van der Waals surface area contributed by atoms with E-state index in [1.54, 1.807) is 11.8 Å². The maximum atomic E-state index is 12.0. The molecule has 0 radical (unpaired) electrons. The number of aryl methyl sites for hydroxylation is 1. The Kier molecular flexibility index (Phi) is 7.56. The van der Waals surface area contributed by atoms with Gasteiger partial charge in [0, 0.05) is 25.6 Å². The van der Waals surface area contributed by atoms with Crippen molar-refractivity contribution in [2.24, 2.45) is 0 Å². The number of hydrogen-bond acceptors (Lipinski definition) is 3. The number of ether oxygens (including phenoxy) is 1. The summed E-state index contributed by atoms with van der Waals surface area (Å²) in [5.41, 5.74) is 1.19. The zero-order chi connectivity index (χ0) is 18.2. The van der Waals surface area contributed by atoms with Gasteiger partial charge in [-0.2, -0.15) is 0 Å². The maximum absolute atomic E-state index is 12.0. The predicted octanol–water partition coefficient (Wildman–Crippen LogP) is 2.89. The Morgan fingerprint density at radius 3 is 2.52 bits per heavy atom. The lowest BCUT2D eigenvalue weighted by atomic mass is 10.0. The van der Waals surface area contributed by atoms with E-state index in [4.69, 9.17) is 16.3 Å². The minimum Gasteiger partial charge on any atom is -0.494 e. The van der Waals surface area contributed by atoms with E-state index in [1.807, 2.05) is 31.2 Å². The number of benzene rings is 1. The highest BCUT2D eigenvalue weighted by Crippen LogP contribution is 2.14. The molecule has 1 saturated heterocycles. The SMILES string of the molecule is Cc1ccc(OCCCC(=O)NC2CCN(C(=O)C(C)Cl)CC2)cc1. The van der Waals surface area contributed by atoms with Gasteiger partial charge in [0.25, 0.3) is 0 Å². The number of amides is 2. The first-order valence-electron chi connectivity index (χ1n) is 8.87. The van der Waals surface area contributed by atoms with Crippen LogP contribution in [0.3, 0.4) is 0 Å². The first-order valence-corrected chi connectivity index (χ1v) is 9.31. The van der Waals surface area contributed by atoms with Crippen LogP contribution in [0.5, 0.6) is 5.75 Å². The zero-order valence-corrected chi connectivity index (χ0v) is 15.7. The molecule has 2 amide bonds. The number of rotatable bonds is 7. The van der Waals surface area contributed by atoms with Crippen LogP contribution in [0.2, 0.25) is 0 Å². The molecule has 1 aliphatic rings. The van der Waals surface area contributed by atoms with Gasteiger partial charge in [-0.25, -0.2) is 0 Å². The quantitative estimate of drug-likeness (QED) is 0.596. The number of carbonyl (C=O) groups is 2. The molecule has 0 bridgehead atoms. The van der Waals surface area contributed by atoms with Crippen molar-refractivity contribution in [3.63, 3.8) is 0 Å². The molecule has 1 atom stereocenters. The Morgan fingerprint density at radius 2 is 1.92 bits per heavy atom. The van der Waals surface area contributed by atoms with Crippen molar-refractivity contribution in [3.05, 3.63) is 29.8 Å². The summed E-state index contributed by atoms with van der Waals surface area (Å²) in [6, 6.07) is 8.02. The molecule has 1 aromatic rings. The van der Waals surface area contributed by atoms with E-state index in [1.165, 1.54) is 5.56 Å². The monoisotopic (exact) mass is 366 g/mol. The number of carbonyl (C=O) groups excluding carboxylic acids is 2. The summed E-state index contributed by atoms with van der Waals surface area (Å²) in [7, 11) is 0. The second-order valence-electron chi connectivity index (χ2n) is 6.55. The van der Waals surface area contributed by atoms with Gasteiger partial charge in [-0.15, -0.1) is 11.6 Å². The first-order chi connectivity index (χ1) is 12.0. The van der Waals surface area contributed by atoms with Crippen molar-refractivity contribution in [1.29, 1.82) is 0 Å². The average molecular weight is 367 g/mol. The fourth-order valence-electron chi connectivity index (χ4n) is 2.85. The third-order valence-electron chi connectivity index (χ3n) is 4.35. The van der Waals surface area contributed by atoms with Crippen LogP contribution in [-0.2, 0) is 9.59 Å². The van der Waals surface area contributed by atoms with Crippen LogP contribution in [0, 0.1) is 6.92 Å². The van der Waals surface area contributed by atoms with Gasteiger partial charge < -0.3 is 15.0 Å². The lowest BCUT2D eigenvalue weighted by molar-refractivity contribution is -0.131. The molecule has 1 heterocycles. The van der Waals surface area contributed by atoms with E-state index >= 15 is 0 Å². The summed E-state index contributed by atoms with van der Waals surface area (Å²) in [6.45, 7) is 5.55. The standard InChI is InChI=1S/C19H27ClN2O3/c1-14-5-7-17(8-6-14)25-13-3-4-18(23)21-16-9-11-22(12-10-16)19(24)15(2)20/h5-8,15-16H,3-4,9-13H2,1-2H3,(H,21,23). The van der Waals surface area contributed by atoms with Gasteiger partial charge >= 0.3 is 0 Å². The summed E-state index contributed by atoms with van der Waals surface area (Å²) in [5, 5.41) is 2.56. The number of likely N-dealkylation sites (tertiary alicyclic amines) is 1. The van der Waals surface area contributed by atoms with Crippen LogP contribution in [0.15, 0.2) is 24.3 Å². The summed E-state index contributed by atoms with van der Waals surface area (Å²) >= 11 is 5.83. The molecule has 138 valence electrons. The van der Waals surface area contributed by atoms with Gasteiger partial charge in [-0.1, -0.05) is 17.7 Å². The van der Waals surface area contributed by atoms with Crippen molar-refractivity contribution in [1.82, 2.24) is 10.2 Å². The number of hydrogen-bond donors (Lipinski definition) is 1. The summed E-state index contributed by atoms with van der Waals surface area (Å²) < 4.78 is 5.63. The largest absolute Gasteiger partial charge is 0.494 e. The van der Waals surface area contributed by atoms with Crippen LogP contribution in [0.1, 0.15) is 38.2 Å². The van der Waals surface area contributed by atoms with Crippen LogP contribution >= 0.6 is 11.6 Å². The molecule has 1 aromatic carbocycles. The Morgan fingerprint density at radius 1 is 1.28 bits per heavy atom.